The van der Waals surface area contributed by atoms with Gasteiger partial charge in [-0.2, -0.15) is 0 Å². The van der Waals surface area contributed by atoms with E-state index in [1.807, 2.05) is 65.6 Å². The number of carbonyl (C=O) groups is 1. The Bertz CT molecular complexity index is 837. The first-order valence-corrected chi connectivity index (χ1v) is 9.71. The number of amides is 1. The highest BCUT2D eigenvalue weighted by Crippen LogP contribution is 2.40. The zero-order valence-corrected chi connectivity index (χ0v) is 15.5. The molecule has 1 fully saturated rings. The second-order valence-electron chi connectivity index (χ2n) is 7.03. The first kappa shape index (κ1) is 17.1. The molecule has 26 heavy (non-hydrogen) atoms. The zero-order chi connectivity index (χ0) is 18.0. The lowest BCUT2D eigenvalue weighted by atomic mass is 9.99. The molecule has 0 N–H and O–H groups in total. The average Bonchev–Trinajstić information content (AvgIpc) is 2.83. The van der Waals surface area contributed by atoms with E-state index < -0.39 is 5.66 Å². The van der Waals surface area contributed by atoms with E-state index in [0.29, 0.717) is 10.6 Å². The lowest BCUT2D eigenvalue weighted by Gasteiger charge is -2.35. The van der Waals surface area contributed by atoms with Crippen molar-refractivity contribution in [2.45, 2.75) is 44.2 Å². The third-order valence-corrected chi connectivity index (χ3v) is 5.69. The molecule has 1 heterocycles. The van der Waals surface area contributed by atoms with E-state index in [2.05, 4.69) is 0 Å². The number of hydrogen-bond donors (Lipinski definition) is 0. The monoisotopic (exact) mass is 362 g/mol. The van der Waals surface area contributed by atoms with Gasteiger partial charge in [0.05, 0.1) is 0 Å². The van der Waals surface area contributed by atoms with E-state index in [0.717, 1.165) is 37.0 Å². The van der Waals surface area contributed by atoms with Gasteiger partial charge in [-0.25, -0.2) is 0 Å². The fourth-order valence-corrected chi connectivity index (χ4v) is 4.42. The molecule has 1 aliphatic heterocycles. The summed E-state index contributed by atoms with van der Waals surface area (Å²) in [6.07, 6.45) is 6.29. The van der Waals surface area contributed by atoms with Gasteiger partial charge < -0.3 is 0 Å². The van der Waals surface area contributed by atoms with Gasteiger partial charge in [0, 0.05) is 11.1 Å². The van der Waals surface area contributed by atoms with Gasteiger partial charge in [0.15, 0.2) is 0 Å². The number of thiocarbonyl (C=S) groups is 1. The molecule has 3 nitrogen and oxygen atoms in total. The van der Waals surface area contributed by atoms with Crippen LogP contribution in [-0.2, 0) is 0 Å². The van der Waals surface area contributed by atoms with Crippen molar-refractivity contribution in [2.24, 2.45) is 4.99 Å². The lowest BCUT2D eigenvalue weighted by molar-refractivity contribution is 0.0692. The Kier molecular flexibility index (Phi) is 4.68. The minimum Gasteiger partial charge on any atom is -0.271 e. The largest absolute Gasteiger partial charge is 0.271 e. The number of rotatable bonds is 2. The Morgan fingerprint density at radius 2 is 1.46 bits per heavy atom. The molecule has 4 heteroatoms. The normalized spacial score (nSPS) is 19.3. The number of nitrogens with zero attached hydrogens (tertiary/aromatic N) is 2. The summed E-state index contributed by atoms with van der Waals surface area (Å²) in [5, 5.41) is 0. The fourth-order valence-electron chi connectivity index (χ4n) is 4.01. The molecule has 2 aliphatic rings. The van der Waals surface area contributed by atoms with Crippen molar-refractivity contribution in [2.75, 3.05) is 0 Å². The topological polar surface area (TPSA) is 32.7 Å². The fraction of sp³-hybridized carbons (Fsp3) is 0.318. The molecule has 2 aromatic carbocycles. The number of hydrogen-bond acceptors (Lipinski definition) is 3. The third-order valence-electron chi connectivity index (χ3n) is 5.32. The Morgan fingerprint density at radius 1 is 0.885 bits per heavy atom. The highest BCUT2D eigenvalue weighted by molar-refractivity contribution is 7.82. The van der Waals surface area contributed by atoms with Crippen molar-refractivity contribution in [3.8, 4) is 0 Å². The predicted octanol–water partition coefficient (Wildman–Crippen LogP) is 5.01. The molecule has 1 amide bonds. The van der Waals surface area contributed by atoms with Gasteiger partial charge in [0.1, 0.15) is 16.4 Å². The minimum absolute atomic E-state index is 0.0350. The van der Waals surface area contributed by atoms with Crippen LogP contribution in [0, 0.1) is 0 Å². The highest BCUT2D eigenvalue weighted by atomic mass is 32.1. The summed E-state index contributed by atoms with van der Waals surface area (Å²) in [6, 6.07) is 19.4. The smallest absolute Gasteiger partial charge is 0.260 e. The van der Waals surface area contributed by atoms with Gasteiger partial charge in [-0.15, -0.1) is 0 Å². The number of benzene rings is 2. The molecule has 0 unspecified atom stereocenters. The van der Waals surface area contributed by atoms with Crippen LogP contribution in [0.5, 0.6) is 0 Å². The van der Waals surface area contributed by atoms with Gasteiger partial charge >= 0.3 is 0 Å². The molecule has 0 radical (unpaired) electrons. The van der Waals surface area contributed by atoms with E-state index in [4.69, 9.17) is 17.2 Å². The van der Waals surface area contributed by atoms with Crippen LogP contribution >= 0.6 is 12.2 Å². The standard InChI is InChI=1S/C22H22N2OS/c25-20(18-13-7-4-8-14-18)24-21(26)19(17-11-5-3-6-12-17)23-22(24)15-9-1-2-10-16-22/h3-8,11-14H,1-2,9-10,15-16H2. The third kappa shape index (κ3) is 2.99. The average molecular weight is 362 g/mol. The van der Waals surface area contributed by atoms with E-state index >= 15 is 0 Å². The lowest BCUT2D eigenvalue weighted by Crippen LogP contribution is -2.49. The van der Waals surface area contributed by atoms with Crippen LogP contribution in [0.2, 0.25) is 0 Å². The van der Waals surface area contributed by atoms with E-state index in [-0.39, 0.29) is 5.91 Å². The number of carbonyl (C=O) groups excluding carboxylic acids is 1. The molecule has 0 bridgehead atoms. The Hall–Kier alpha value is -2.33. The van der Waals surface area contributed by atoms with E-state index in [1.54, 1.807) is 0 Å². The predicted molar refractivity (Wildman–Crippen MR) is 109 cm³/mol. The van der Waals surface area contributed by atoms with Crippen LogP contribution in [-0.4, -0.2) is 27.2 Å². The molecule has 1 aliphatic carbocycles. The quantitative estimate of drug-likeness (QED) is 0.704. The van der Waals surface area contributed by atoms with Gasteiger partial charge in [0.2, 0.25) is 0 Å². The van der Waals surface area contributed by atoms with Gasteiger partial charge in [-0.3, -0.25) is 14.7 Å². The summed E-state index contributed by atoms with van der Waals surface area (Å²) in [5.74, 6) is -0.0350. The van der Waals surface area contributed by atoms with E-state index in [9.17, 15) is 4.79 Å². The van der Waals surface area contributed by atoms with Crippen molar-refractivity contribution in [3.63, 3.8) is 0 Å². The maximum absolute atomic E-state index is 13.4. The van der Waals surface area contributed by atoms with Crippen molar-refractivity contribution >= 4 is 28.8 Å². The summed E-state index contributed by atoms with van der Waals surface area (Å²) in [7, 11) is 0. The van der Waals surface area contributed by atoms with Crippen LogP contribution in [0.3, 0.4) is 0 Å². The van der Waals surface area contributed by atoms with E-state index in [1.165, 1.54) is 12.8 Å². The molecule has 2 aromatic rings. The van der Waals surface area contributed by atoms with Crippen LogP contribution in [0.4, 0.5) is 0 Å². The van der Waals surface area contributed by atoms with Crippen LogP contribution in [0.15, 0.2) is 65.7 Å². The van der Waals surface area contributed by atoms with Crippen LogP contribution in [0.25, 0.3) is 0 Å². The summed E-state index contributed by atoms with van der Waals surface area (Å²) in [6.45, 7) is 0. The maximum atomic E-state index is 13.4. The molecule has 132 valence electrons. The molecular weight excluding hydrogens is 340 g/mol. The second kappa shape index (κ2) is 7.12. The SMILES string of the molecule is O=C(c1ccccc1)N1C(=S)C(c2ccccc2)=NC12CCCCCC2. The first-order valence-electron chi connectivity index (χ1n) is 9.30. The molecule has 0 atom stereocenters. The maximum Gasteiger partial charge on any atom is 0.260 e. The second-order valence-corrected chi connectivity index (χ2v) is 7.42. The zero-order valence-electron chi connectivity index (χ0n) is 14.7. The van der Waals surface area contributed by atoms with Crippen molar-refractivity contribution in [3.05, 3.63) is 71.8 Å². The molecule has 4 rings (SSSR count). The molecule has 0 saturated heterocycles. The Balaban J connectivity index is 1.79. The Labute approximate surface area is 159 Å². The summed E-state index contributed by atoms with van der Waals surface area (Å²) < 4.78 is 0. The first-order chi connectivity index (χ1) is 12.7. The van der Waals surface area contributed by atoms with Crippen molar-refractivity contribution < 1.29 is 4.79 Å². The van der Waals surface area contributed by atoms with Gasteiger partial charge in [-0.1, -0.05) is 73.6 Å². The highest BCUT2D eigenvalue weighted by Gasteiger charge is 2.48. The Morgan fingerprint density at radius 3 is 2.08 bits per heavy atom. The summed E-state index contributed by atoms with van der Waals surface area (Å²) >= 11 is 5.79. The summed E-state index contributed by atoms with van der Waals surface area (Å²) in [5.41, 5.74) is 1.92. The van der Waals surface area contributed by atoms with Crippen LogP contribution in [0.1, 0.15) is 54.4 Å². The molecule has 1 spiro atoms. The molecule has 0 aromatic heterocycles. The molecule has 1 saturated carbocycles. The number of aliphatic imine (C=N–C) groups is 1. The van der Waals surface area contributed by atoms with Gasteiger partial charge in [0.25, 0.3) is 5.91 Å². The minimum atomic E-state index is -0.522. The van der Waals surface area contributed by atoms with Gasteiger partial charge in [-0.05, 0) is 37.8 Å². The summed E-state index contributed by atoms with van der Waals surface area (Å²) in [4.78, 5) is 20.9. The van der Waals surface area contributed by atoms with Crippen molar-refractivity contribution in [1.29, 1.82) is 0 Å². The molecular formula is C22H22N2OS. The van der Waals surface area contributed by atoms with Crippen molar-refractivity contribution in [1.82, 2.24) is 4.90 Å². The van der Waals surface area contributed by atoms with Crippen LogP contribution < -0.4 is 0 Å².